The Morgan fingerprint density at radius 3 is 0.548 bits per heavy atom. The summed E-state index contributed by atoms with van der Waals surface area (Å²) >= 11 is 0. The first-order valence-electron chi connectivity index (χ1n) is 3.55. The molecule has 0 aromatic heterocycles. The van der Waals surface area contributed by atoms with Crippen LogP contribution in [0.2, 0.25) is 0 Å². The third-order valence-electron chi connectivity index (χ3n) is 0. The monoisotopic (exact) mass is 591 g/mol. The molecule has 0 atom stereocenters. The van der Waals surface area contributed by atoms with Crippen molar-refractivity contribution < 1.29 is 137 Å². The summed E-state index contributed by atoms with van der Waals surface area (Å²) in [6.45, 7) is 2.17. The Balaban J connectivity index is -0.00000000595. The van der Waals surface area contributed by atoms with E-state index in [9.17, 15) is 0 Å². The average Bonchev–Trinajstić information content (AvgIpc) is 1.94. The van der Waals surface area contributed by atoms with Crippen molar-refractivity contribution >= 4 is 11.9 Å². The average molecular weight is 593 g/mol. The van der Waals surface area contributed by atoms with E-state index in [1.54, 1.807) is 0 Å². The molecule has 0 aliphatic rings. The molecule has 0 spiro atoms. The van der Waals surface area contributed by atoms with Crippen molar-refractivity contribution in [2.24, 2.45) is 0 Å². The molecule has 0 radical (unpaired) electrons. The molecule has 0 aliphatic heterocycles. The van der Waals surface area contributed by atoms with Gasteiger partial charge in [0, 0.05) is 50.4 Å². The molecule has 0 heterocycles. The van der Waals surface area contributed by atoms with Gasteiger partial charge in [-0.15, -0.1) is 30.3 Å². The molecule has 25 nitrogen and oxygen atoms in total. The molecule has 31 heavy (non-hydrogen) atoms. The van der Waals surface area contributed by atoms with Crippen molar-refractivity contribution in [1.82, 2.24) is 0 Å². The molecule has 0 aromatic carbocycles. The summed E-state index contributed by atoms with van der Waals surface area (Å²) in [7, 11) is 0. The van der Waals surface area contributed by atoms with Crippen molar-refractivity contribution in [3.05, 3.63) is 30.3 Å². The van der Waals surface area contributed by atoms with Gasteiger partial charge in [-0.25, -0.2) is 0 Å². The quantitative estimate of drug-likeness (QED) is 0.0991. The Morgan fingerprint density at radius 1 is 0.548 bits per heavy atom. The maximum absolute atomic E-state index is 9.00. The molecule has 0 saturated heterocycles. The predicted molar refractivity (Wildman–Crippen MR) is 85.5 cm³/mol. The molecule has 27 heteroatoms. The fourth-order valence-corrected chi connectivity index (χ4v) is 0. The summed E-state index contributed by atoms with van der Waals surface area (Å²) in [6.07, 6.45) is 0. The minimum absolute atomic E-state index is 0. The Bertz CT molecular complexity index is 227. The summed E-state index contributed by atoms with van der Waals surface area (Å²) in [6, 6.07) is 0. The summed E-state index contributed by atoms with van der Waals surface area (Å²) in [4.78, 5) is 43.1. The molecular weight excluding hydrogens is 563 g/mol. The van der Waals surface area contributed by atoms with Crippen LogP contribution in [0.3, 0.4) is 0 Å². The molecule has 23 N–H and O–H groups in total. The summed E-state index contributed by atoms with van der Waals surface area (Å²) in [5.74, 6) is -1.67. The van der Waals surface area contributed by atoms with E-state index >= 15 is 0 Å². The number of carbonyl (C=O) groups is 2. The first-order valence-corrected chi connectivity index (χ1v) is 3.55. The van der Waals surface area contributed by atoms with Gasteiger partial charge in [0.25, 0.3) is 27.2 Å². The van der Waals surface area contributed by atoms with Crippen LogP contribution in [-0.2, 0) is 46.1 Å². The third-order valence-corrected chi connectivity index (χ3v) is 0. The van der Waals surface area contributed by atoms with Crippen LogP contribution in [0.25, 0.3) is 0 Å². The SMILES string of the molecule is CC(=O)O.CC(=O)O.O.O.O.O.O.O.O.O.O.O=[N+]([O-])O.O=[N+]([O-])O.O=[N+]([O-])O.[Fe].[Zn]. The van der Waals surface area contributed by atoms with Crippen molar-refractivity contribution in [2.45, 2.75) is 13.8 Å². The second kappa shape index (κ2) is 125. The van der Waals surface area contributed by atoms with E-state index in [2.05, 4.69) is 0 Å². The van der Waals surface area contributed by atoms with Gasteiger partial charge in [-0.05, 0) is 0 Å². The van der Waals surface area contributed by atoms with Crippen molar-refractivity contribution in [3.63, 3.8) is 0 Å². The number of carboxylic acid groups (broad SMARTS) is 2. The fraction of sp³-hybridized carbons (Fsp3) is 0.500. The van der Waals surface area contributed by atoms with E-state index in [1.807, 2.05) is 0 Å². The third kappa shape index (κ3) is 2440. The minimum Gasteiger partial charge on any atom is -0.481 e. The molecule has 0 saturated carbocycles. The zero-order valence-electron chi connectivity index (χ0n) is 15.4. The molecule has 0 unspecified atom stereocenters. The summed E-state index contributed by atoms with van der Waals surface area (Å²) in [5.41, 5.74) is 0. The minimum atomic E-state index is -1.50. The van der Waals surface area contributed by atoms with E-state index in [-0.39, 0.29) is 85.8 Å². The van der Waals surface area contributed by atoms with Crippen LogP contribution >= 0.6 is 0 Å². The van der Waals surface area contributed by atoms with Gasteiger partial charge in [-0.2, -0.15) is 0 Å². The van der Waals surface area contributed by atoms with Gasteiger partial charge in [0.05, 0.1) is 0 Å². The molecule has 0 fully saturated rings. The molecular formula is C4H29FeN3O22Zn. The van der Waals surface area contributed by atoms with E-state index in [4.69, 9.17) is 65.8 Å². The van der Waals surface area contributed by atoms with Crippen molar-refractivity contribution in [3.8, 4) is 0 Å². The number of aliphatic carboxylic acids is 2. The molecule has 0 amide bonds. The first-order chi connectivity index (χ1) is 8.66. The topological polar surface area (TPSA) is 548 Å². The van der Waals surface area contributed by atoms with Crippen LogP contribution in [0.1, 0.15) is 13.8 Å². The van der Waals surface area contributed by atoms with E-state index < -0.39 is 27.2 Å². The van der Waals surface area contributed by atoms with Gasteiger partial charge in [-0.3, -0.25) is 9.59 Å². The van der Waals surface area contributed by atoms with Crippen LogP contribution in [0, 0.1) is 30.3 Å². The van der Waals surface area contributed by atoms with Crippen molar-refractivity contribution in [2.75, 3.05) is 0 Å². The predicted octanol–water partition coefficient (Wildman–Crippen LogP) is -8.29. The second-order valence-electron chi connectivity index (χ2n) is 1.75. The number of hydrogen-bond donors (Lipinski definition) is 5. The number of nitrogens with zero attached hydrogens (tertiary/aromatic N) is 3. The second-order valence-corrected chi connectivity index (χ2v) is 1.75. The number of rotatable bonds is 0. The summed E-state index contributed by atoms with van der Waals surface area (Å²) < 4.78 is 0. The molecule has 0 aliphatic carbocycles. The maximum atomic E-state index is 9.00. The first kappa shape index (κ1) is 139. The Morgan fingerprint density at radius 2 is 0.548 bits per heavy atom. The molecule has 0 rings (SSSR count). The molecule has 0 aromatic rings. The van der Waals surface area contributed by atoms with Crippen LogP contribution in [0.5, 0.6) is 0 Å². The van der Waals surface area contributed by atoms with Gasteiger partial charge in [-0.1, -0.05) is 0 Å². The Kier molecular flexibility index (Phi) is 560. The van der Waals surface area contributed by atoms with Crippen LogP contribution < -0.4 is 0 Å². The number of hydrogen-bond acceptors (Lipinski definition) is 8. The van der Waals surface area contributed by atoms with Gasteiger partial charge < -0.3 is 75.1 Å². The van der Waals surface area contributed by atoms with Gasteiger partial charge in [0.2, 0.25) is 0 Å². The Labute approximate surface area is 193 Å². The largest absolute Gasteiger partial charge is 0.481 e. The number of carboxylic acids is 2. The van der Waals surface area contributed by atoms with E-state index in [1.165, 1.54) is 0 Å². The van der Waals surface area contributed by atoms with Gasteiger partial charge in [0.15, 0.2) is 0 Å². The standard InChI is InChI=1S/2C2H4O2.Fe.3HNO3.9H2O.Zn/c2*1-2(3)4;;3*2-1(3)4;;;;;;;;;;/h2*1H3,(H,3,4);;3*(H,2,3,4);9*1H2;. The van der Waals surface area contributed by atoms with E-state index in [0.717, 1.165) is 13.8 Å². The van der Waals surface area contributed by atoms with Crippen molar-refractivity contribution in [1.29, 1.82) is 0 Å². The van der Waals surface area contributed by atoms with Gasteiger partial charge >= 0.3 is 0 Å². The normalized spacial score (nSPS) is 3.94. The molecule has 202 valence electrons. The van der Waals surface area contributed by atoms with Crippen LogP contribution in [-0.4, -0.2) is 102 Å². The maximum Gasteiger partial charge on any atom is 0.300 e. The van der Waals surface area contributed by atoms with E-state index in [0.29, 0.717) is 0 Å². The smallest absolute Gasteiger partial charge is 0.300 e. The fourth-order valence-electron chi connectivity index (χ4n) is 0. The zero-order valence-corrected chi connectivity index (χ0v) is 19.5. The Hall–Kier alpha value is -2.68. The zero-order chi connectivity index (χ0) is 17.9. The van der Waals surface area contributed by atoms with Crippen LogP contribution in [0.4, 0.5) is 0 Å². The van der Waals surface area contributed by atoms with Crippen LogP contribution in [0.15, 0.2) is 0 Å². The van der Waals surface area contributed by atoms with Gasteiger partial charge in [0.1, 0.15) is 0 Å². The summed E-state index contributed by atoms with van der Waals surface area (Å²) in [5, 5.41) is 55.7. The molecule has 0 bridgehead atoms.